The van der Waals surface area contributed by atoms with Gasteiger partial charge in [0.2, 0.25) is 0 Å². The maximum atomic E-state index is 6.77. The normalized spacial score (nSPS) is 11.9. The van der Waals surface area contributed by atoms with Gasteiger partial charge in [-0.2, -0.15) is 0 Å². The third-order valence-electron chi connectivity index (χ3n) is 4.58. The number of hydrogen-bond acceptors (Lipinski definition) is 4. The third-order valence-corrected chi connectivity index (χ3v) is 5.39. The second-order valence-corrected chi connectivity index (χ2v) is 9.71. The topological polar surface area (TPSA) is 36.9 Å². The van der Waals surface area contributed by atoms with E-state index in [4.69, 9.17) is 42.1 Å². The molecule has 6 heteroatoms. The summed E-state index contributed by atoms with van der Waals surface area (Å²) in [7, 11) is 0. The summed E-state index contributed by atoms with van der Waals surface area (Å²) in [6.45, 7) is 15.9. The summed E-state index contributed by atoms with van der Waals surface area (Å²) < 4.78 is 25.2. The van der Waals surface area contributed by atoms with E-state index in [0.717, 1.165) is 16.2 Å². The van der Waals surface area contributed by atoms with Crippen LogP contribution in [0.2, 0.25) is 10.0 Å². The second kappa shape index (κ2) is 9.84. The number of fused-ring (bicyclic) bond motifs is 2. The van der Waals surface area contributed by atoms with E-state index >= 15 is 0 Å². The van der Waals surface area contributed by atoms with Crippen molar-refractivity contribution in [3.63, 3.8) is 0 Å². The number of rotatable bonds is 8. The molecule has 32 heavy (non-hydrogen) atoms. The molecule has 0 saturated carbocycles. The fourth-order valence-electron chi connectivity index (χ4n) is 3.65. The summed E-state index contributed by atoms with van der Waals surface area (Å²) in [5.74, 6) is 2.65. The molecule has 0 amide bonds. The lowest BCUT2D eigenvalue weighted by molar-refractivity contribution is 0.229. The third kappa shape index (κ3) is 4.97. The van der Waals surface area contributed by atoms with Crippen LogP contribution in [0, 0.1) is 0 Å². The molecular weight excluding hydrogens is 447 g/mol. The van der Waals surface area contributed by atoms with Crippen LogP contribution in [-0.2, 0) is 0 Å². The Bertz CT molecular complexity index is 1120. The molecular formula is C26H32Cl2O4. The van der Waals surface area contributed by atoms with Crippen LogP contribution in [0.3, 0.4) is 0 Å². The first-order valence-electron chi connectivity index (χ1n) is 11.1. The Labute approximate surface area is 200 Å². The first-order valence-corrected chi connectivity index (χ1v) is 11.8. The monoisotopic (exact) mass is 478 g/mol. The van der Waals surface area contributed by atoms with Gasteiger partial charge >= 0.3 is 0 Å². The Morgan fingerprint density at radius 3 is 1.44 bits per heavy atom. The van der Waals surface area contributed by atoms with Gasteiger partial charge in [-0.25, -0.2) is 0 Å². The fourth-order valence-corrected chi connectivity index (χ4v) is 4.06. The van der Waals surface area contributed by atoms with E-state index in [1.807, 2.05) is 73.6 Å². The Morgan fingerprint density at radius 2 is 0.969 bits per heavy atom. The number of benzene rings is 3. The summed E-state index contributed by atoms with van der Waals surface area (Å²) in [5.41, 5.74) is 0. The van der Waals surface area contributed by atoms with E-state index in [1.165, 1.54) is 0 Å². The summed E-state index contributed by atoms with van der Waals surface area (Å²) >= 11 is 13.2. The minimum atomic E-state index is -0.102. The van der Waals surface area contributed by atoms with Crippen molar-refractivity contribution in [3.05, 3.63) is 34.3 Å². The zero-order valence-electron chi connectivity index (χ0n) is 20.0. The van der Waals surface area contributed by atoms with Crippen molar-refractivity contribution in [3.8, 4) is 23.0 Å². The van der Waals surface area contributed by atoms with E-state index < -0.39 is 0 Å². The van der Waals surface area contributed by atoms with Crippen LogP contribution < -0.4 is 18.9 Å². The van der Waals surface area contributed by atoms with Crippen molar-refractivity contribution in [2.24, 2.45) is 0 Å². The minimum absolute atomic E-state index is 0.0269. The standard InChI is InChI=1S/C26H32Cl2O4/c1-13(2)29-19-11-12-20(30-14(3)4)23-22(19)25(31-15(5)6)17-9-10-18(27)24(28)21(17)26(23)32-16(7)8/h9-16H,1-8H3. The van der Waals surface area contributed by atoms with Gasteiger partial charge in [0.05, 0.1) is 45.2 Å². The van der Waals surface area contributed by atoms with Gasteiger partial charge in [-0.05, 0) is 79.7 Å². The van der Waals surface area contributed by atoms with Crippen molar-refractivity contribution in [1.29, 1.82) is 0 Å². The molecule has 3 aromatic carbocycles. The summed E-state index contributed by atoms with van der Waals surface area (Å²) in [6, 6.07) is 7.54. The van der Waals surface area contributed by atoms with Gasteiger partial charge in [-0.15, -0.1) is 0 Å². The Hall–Kier alpha value is -2.04. The Balaban J connectivity index is 2.63. The molecule has 0 aliphatic rings. The molecule has 0 atom stereocenters. The highest BCUT2D eigenvalue weighted by Crippen LogP contribution is 2.53. The zero-order chi connectivity index (χ0) is 23.7. The highest BCUT2D eigenvalue weighted by atomic mass is 35.5. The second-order valence-electron chi connectivity index (χ2n) is 8.92. The molecule has 0 N–H and O–H groups in total. The average Bonchev–Trinajstić information content (AvgIpc) is 2.66. The molecule has 0 heterocycles. The summed E-state index contributed by atoms with van der Waals surface area (Å²) in [5, 5.41) is 3.94. The fraction of sp³-hybridized carbons (Fsp3) is 0.462. The van der Waals surface area contributed by atoms with E-state index in [-0.39, 0.29) is 24.4 Å². The molecule has 3 aromatic rings. The molecule has 174 valence electrons. The molecule has 0 saturated heterocycles. The van der Waals surface area contributed by atoms with Crippen molar-refractivity contribution < 1.29 is 18.9 Å². The maximum Gasteiger partial charge on any atom is 0.141 e. The van der Waals surface area contributed by atoms with Gasteiger partial charge in [0.25, 0.3) is 0 Å². The van der Waals surface area contributed by atoms with Crippen molar-refractivity contribution in [1.82, 2.24) is 0 Å². The summed E-state index contributed by atoms with van der Waals surface area (Å²) in [6.07, 6.45) is -0.243. The number of hydrogen-bond donors (Lipinski definition) is 0. The van der Waals surface area contributed by atoms with Gasteiger partial charge < -0.3 is 18.9 Å². The average molecular weight is 479 g/mol. The molecule has 0 spiro atoms. The highest BCUT2D eigenvalue weighted by Gasteiger charge is 2.27. The van der Waals surface area contributed by atoms with Crippen LogP contribution in [0.4, 0.5) is 0 Å². The van der Waals surface area contributed by atoms with Gasteiger partial charge in [-0.3, -0.25) is 0 Å². The van der Waals surface area contributed by atoms with E-state index in [0.29, 0.717) is 38.4 Å². The van der Waals surface area contributed by atoms with Gasteiger partial charge in [-0.1, -0.05) is 23.2 Å². The van der Waals surface area contributed by atoms with E-state index in [9.17, 15) is 0 Å². The zero-order valence-corrected chi connectivity index (χ0v) is 21.5. The lowest BCUT2D eigenvalue weighted by Gasteiger charge is -2.25. The molecule has 0 fully saturated rings. The highest BCUT2D eigenvalue weighted by molar-refractivity contribution is 6.46. The quantitative estimate of drug-likeness (QED) is 0.304. The molecule has 0 bridgehead atoms. The van der Waals surface area contributed by atoms with Crippen molar-refractivity contribution in [2.45, 2.75) is 79.8 Å². The molecule has 0 aliphatic heterocycles. The Kier molecular flexibility index (Phi) is 7.57. The van der Waals surface area contributed by atoms with Crippen molar-refractivity contribution >= 4 is 44.7 Å². The largest absolute Gasteiger partial charge is 0.490 e. The van der Waals surface area contributed by atoms with Gasteiger partial charge in [0, 0.05) is 10.8 Å². The van der Waals surface area contributed by atoms with Crippen LogP contribution in [-0.4, -0.2) is 24.4 Å². The molecule has 0 aromatic heterocycles. The summed E-state index contributed by atoms with van der Waals surface area (Å²) in [4.78, 5) is 0. The van der Waals surface area contributed by atoms with E-state index in [2.05, 4.69) is 0 Å². The predicted molar refractivity (Wildman–Crippen MR) is 135 cm³/mol. The number of ether oxygens (including phenoxy) is 4. The molecule has 4 nitrogen and oxygen atoms in total. The SMILES string of the molecule is CC(C)Oc1ccc(OC(C)C)c2c(OC(C)C)c3c(Cl)c(Cl)ccc3c(OC(C)C)c12. The minimum Gasteiger partial charge on any atom is -0.490 e. The van der Waals surface area contributed by atoms with Crippen LogP contribution >= 0.6 is 23.2 Å². The molecule has 3 rings (SSSR count). The van der Waals surface area contributed by atoms with Gasteiger partial charge in [0.1, 0.15) is 23.0 Å². The van der Waals surface area contributed by atoms with Crippen LogP contribution in [0.1, 0.15) is 55.4 Å². The number of halogens is 2. The van der Waals surface area contributed by atoms with Crippen LogP contribution in [0.25, 0.3) is 21.5 Å². The lowest BCUT2D eigenvalue weighted by Crippen LogP contribution is -2.13. The molecule has 0 unspecified atom stereocenters. The first-order chi connectivity index (χ1) is 15.0. The maximum absolute atomic E-state index is 6.77. The Morgan fingerprint density at radius 1 is 0.531 bits per heavy atom. The first kappa shape index (κ1) is 24.6. The van der Waals surface area contributed by atoms with E-state index in [1.54, 1.807) is 6.07 Å². The molecule has 0 aliphatic carbocycles. The van der Waals surface area contributed by atoms with Crippen LogP contribution in [0.5, 0.6) is 23.0 Å². The lowest BCUT2D eigenvalue weighted by atomic mass is 9.98. The smallest absolute Gasteiger partial charge is 0.141 e. The van der Waals surface area contributed by atoms with Crippen molar-refractivity contribution in [2.75, 3.05) is 0 Å². The van der Waals surface area contributed by atoms with Gasteiger partial charge in [0.15, 0.2) is 0 Å². The molecule has 0 radical (unpaired) electrons. The van der Waals surface area contributed by atoms with Crippen LogP contribution in [0.15, 0.2) is 24.3 Å². The predicted octanol–water partition coefficient (Wildman–Crippen LogP) is 8.45.